The molecule has 4 rings (SSSR count). The van der Waals surface area contributed by atoms with Gasteiger partial charge in [-0.1, -0.05) is 35.3 Å². The van der Waals surface area contributed by atoms with E-state index in [2.05, 4.69) is 22.6 Å². The van der Waals surface area contributed by atoms with Gasteiger partial charge in [0.25, 0.3) is 11.1 Å². The van der Waals surface area contributed by atoms with Crippen molar-refractivity contribution in [3.63, 3.8) is 0 Å². The minimum absolute atomic E-state index is 0.0942. The normalized spacial score (nSPS) is 14.6. The summed E-state index contributed by atoms with van der Waals surface area (Å²) < 4.78 is 25.2. The first kappa shape index (κ1) is 25.8. The molecule has 0 radical (unpaired) electrons. The summed E-state index contributed by atoms with van der Waals surface area (Å²) in [6, 6.07) is 16.2. The van der Waals surface area contributed by atoms with Gasteiger partial charge >= 0.3 is 0 Å². The van der Waals surface area contributed by atoms with E-state index in [0.717, 1.165) is 31.4 Å². The van der Waals surface area contributed by atoms with Crippen LogP contribution in [0.5, 0.6) is 11.5 Å². The molecule has 0 atom stereocenters. The van der Waals surface area contributed by atoms with Crippen LogP contribution in [-0.2, 0) is 11.4 Å². The van der Waals surface area contributed by atoms with Gasteiger partial charge < -0.3 is 9.47 Å². The van der Waals surface area contributed by atoms with Gasteiger partial charge in [-0.25, -0.2) is 4.39 Å². The molecule has 0 unspecified atom stereocenters. The summed E-state index contributed by atoms with van der Waals surface area (Å²) >= 11 is 15.2. The predicted octanol–water partition coefficient (Wildman–Crippen LogP) is 7.43. The Morgan fingerprint density at radius 2 is 1.77 bits per heavy atom. The van der Waals surface area contributed by atoms with Crippen LogP contribution < -0.4 is 9.47 Å². The minimum atomic E-state index is -0.379. The van der Waals surface area contributed by atoms with Crippen molar-refractivity contribution in [3.05, 3.63) is 96.1 Å². The molecule has 3 aromatic rings. The first-order chi connectivity index (χ1) is 16.8. The molecule has 0 bridgehead atoms. The van der Waals surface area contributed by atoms with Crippen molar-refractivity contribution in [1.29, 1.82) is 0 Å². The molecule has 0 N–H and O–H groups in total. The maximum Gasteiger partial charge on any atom is 0.293 e. The highest BCUT2D eigenvalue weighted by Crippen LogP contribution is 2.33. The Labute approximate surface area is 229 Å². The van der Waals surface area contributed by atoms with E-state index in [-0.39, 0.29) is 36.7 Å². The fourth-order valence-corrected chi connectivity index (χ4v) is 5.17. The quantitative estimate of drug-likeness (QED) is 0.189. The summed E-state index contributed by atoms with van der Waals surface area (Å²) in [6.45, 7) is 0.486. The fraction of sp³-hybridized carbons (Fsp3) is 0.120. The van der Waals surface area contributed by atoms with Crippen molar-refractivity contribution < 1.29 is 23.5 Å². The van der Waals surface area contributed by atoms with Gasteiger partial charge in [0.1, 0.15) is 30.5 Å². The average molecular weight is 644 g/mol. The predicted molar refractivity (Wildman–Crippen MR) is 145 cm³/mol. The summed E-state index contributed by atoms with van der Waals surface area (Å²) in [4.78, 5) is 26.5. The monoisotopic (exact) mass is 643 g/mol. The van der Waals surface area contributed by atoms with Crippen LogP contribution in [0.25, 0.3) is 6.08 Å². The standard InChI is InChI=1S/C25H17Cl2FINO4S/c26-17-3-2-16(20(27)13-17)14-34-22-8-1-15(11-21(22)29)12-23-24(31)30(25(32)35-23)9-10-33-19-6-4-18(28)5-7-19/h1-8,11-13H,9-10,14H2/b23-12-. The SMILES string of the molecule is O=C1S/C(=C\c2ccc(OCc3ccc(Cl)cc3Cl)c(I)c2)C(=O)N1CCOc1ccc(F)cc1. The summed E-state index contributed by atoms with van der Waals surface area (Å²) in [5.74, 6) is 0.382. The number of ether oxygens (including phenoxy) is 2. The zero-order chi connectivity index (χ0) is 24.9. The van der Waals surface area contributed by atoms with Gasteiger partial charge in [0.2, 0.25) is 0 Å². The molecule has 0 aromatic heterocycles. The van der Waals surface area contributed by atoms with Gasteiger partial charge in [-0.2, -0.15) is 0 Å². The van der Waals surface area contributed by atoms with Crippen LogP contribution in [0.2, 0.25) is 10.0 Å². The Balaban J connectivity index is 1.36. The highest BCUT2D eigenvalue weighted by molar-refractivity contribution is 14.1. The van der Waals surface area contributed by atoms with Crippen LogP contribution >= 0.6 is 57.6 Å². The number of carbonyl (C=O) groups excluding carboxylic acids is 2. The highest BCUT2D eigenvalue weighted by atomic mass is 127. The molecular formula is C25H17Cl2FINO4S. The van der Waals surface area contributed by atoms with Crippen molar-refractivity contribution in [1.82, 2.24) is 4.90 Å². The Morgan fingerprint density at radius 1 is 1.00 bits per heavy atom. The summed E-state index contributed by atoms with van der Waals surface area (Å²) in [5.41, 5.74) is 1.58. The Morgan fingerprint density at radius 3 is 2.49 bits per heavy atom. The van der Waals surface area contributed by atoms with Crippen molar-refractivity contribution in [2.75, 3.05) is 13.2 Å². The number of thioether (sulfide) groups is 1. The van der Waals surface area contributed by atoms with Gasteiger partial charge in [0.05, 0.1) is 15.0 Å². The topological polar surface area (TPSA) is 55.8 Å². The van der Waals surface area contributed by atoms with Crippen LogP contribution in [0.15, 0.2) is 65.6 Å². The lowest BCUT2D eigenvalue weighted by atomic mass is 10.2. The van der Waals surface area contributed by atoms with Crippen LogP contribution in [0, 0.1) is 9.39 Å². The molecule has 3 aromatic carbocycles. The van der Waals surface area contributed by atoms with Crippen molar-refractivity contribution in [2.45, 2.75) is 6.61 Å². The minimum Gasteiger partial charge on any atom is -0.492 e. The van der Waals surface area contributed by atoms with E-state index in [4.69, 9.17) is 32.7 Å². The van der Waals surface area contributed by atoms with E-state index < -0.39 is 0 Å². The van der Waals surface area contributed by atoms with Gasteiger partial charge in [0.15, 0.2) is 0 Å². The largest absolute Gasteiger partial charge is 0.492 e. The third kappa shape index (κ3) is 6.69. The highest BCUT2D eigenvalue weighted by Gasteiger charge is 2.34. The molecule has 1 heterocycles. The number of rotatable bonds is 8. The van der Waals surface area contributed by atoms with Gasteiger partial charge in [-0.3, -0.25) is 14.5 Å². The van der Waals surface area contributed by atoms with Crippen LogP contribution in [0.3, 0.4) is 0 Å². The number of nitrogens with zero attached hydrogens (tertiary/aromatic N) is 1. The summed E-state index contributed by atoms with van der Waals surface area (Å²) in [6.07, 6.45) is 1.67. The van der Waals surface area contributed by atoms with Crippen LogP contribution in [0.4, 0.5) is 9.18 Å². The molecule has 5 nitrogen and oxygen atoms in total. The number of benzene rings is 3. The van der Waals surface area contributed by atoms with E-state index in [9.17, 15) is 14.0 Å². The maximum atomic E-state index is 13.0. The second kappa shape index (κ2) is 11.6. The Bertz CT molecular complexity index is 1300. The molecule has 2 amide bonds. The molecule has 10 heteroatoms. The van der Waals surface area contributed by atoms with Gasteiger partial charge in [0, 0.05) is 15.6 Å². The van der Waals surface area contributed by atoms with E-state index in [1.54, 1.807) is 24.3 Å². The number of carbonyl (C=O) groups is 2. The lowest BCUT2D eigenvalue weighted by Crippen LogP contribution is -2.32. The number of amides is 2. The van der Waals surface area contributed by atoms with Gasteiger partial charge in [-0.15, -0.1) is 0 Å². The first-order valence-electron chi connectivity index (χ1n) is 10.3. The third-order valence-electron chi connectivity index (χ3n) is 4.92. The molecule has 180 valence electrons. The number of imide groups is 1. The molecule has 1 aliphatic rings. The van der Waals surface area contributed by atoms with E-state index in [1.165, 1.54) is 24.3 Å². The molecule has 35 heavy (non-hydrogen) atoms. The summed E-state index contributed by atoms with van der Waals surface area (Å²) in [5, 5.41) is 0.726. The van der Waals surface area contributed by atoms with E-state index in [0.29, 0.717) is 26.4 Å². The van der Waals surface area contributed by atoms with E-state index >= 15 is 0 Å². The number of halogens is 4. The van der Waals surface area contributed by atoms with Crippen molar-refractivity contribution in [2.24, 2.45) is 0 Å². The summed E-state index contributed by atoms with van der Waals surface area (Å²) in [7, 11) is 0. The lowest BCUT2D eigenvalue weighted by molar-refractivity contribution is -0.123. The average Bonchev–Trinajstić information content (AvgIpc) is 3.08. The molecule has 0 aliphatic carbocycles. The first-order valence-corrected chi connectivity index (χ1v) is 13.0. The number of hydrogen-bond donors (Lipinski definition) is 0. The lowest BCUT2D eigenvalue weighted by Gasteiger charge is -2.13. The second-order valence-corrected chi connectivity index (χ2v) is 10.3. The van der Waals surface area contributed by atoms with Crippen molar-refractivity contribution in [3.8, 4) is 11.5 Å². The maximum absolute atomic E-state index is 13.0. The van der Waals surface area contributed by atoms with E-state index in [1.807, 2.05) is 18.2 Å². The molecule has 1 saturated heterocycles. The number of hydrogen-bond acceptors (Lipinski definition) is 5. The van der Waals surface area contributed by atoms with Gasteiger partial charge in [-0.05, 0) is 94.5 Å². The zero-order valence-electron chi connectivity index (χ0n) is 18.0. The molecule has 0 spiro atoms. The van der Waals surface area contributed by atoms with Crippen molar-refractivity contribution >= 4 is 74.8 Å². The smallest absolute Gasteiger partial charge is 0.293 e. The third-order valence-corrected chi connectivity index (χ3v) is 7.26. The molecule has 1 aliphatic heterocycles. The second-order valence-electron chi connectivity index (χ2n) is 7.35. The Hall–Kier alpha value is -2.27. The van der Waals surface area contributed by atoms with Crippen LogP contribution in [0.1, 0.15) is 11.1 Å². The zero-order valence-corrected chi connectivity index (χ0v) is 22.5. The molecular weight excluding hydrogens is 627 g/mol. The molecule has 0 saturated carbocycles. The Kier molecular flexibility index (Phi) is 8.59. The molecule has 1 fully saturated rings. The fourth-order valence-electron chi connectivity index (χ4n) is 3.15. The van der Waals surface area contributed by atoms with Crippen LogP contribution in [-0.4, -0.2) is 29.2 Å².